The average molecular weight is 595 g/mol. The van der Waals surface area contributed by atoms with E-state index in [4.69, 9.17) is 42.3 Å². The van der Waals surface area contributed by atoms with Crippen LogP contribution in [-0.4, -0.2) is 43.4 Å². The summed E-state index contributed by atoms with van der Waals surface area (Å²) in [4.78, 5) is 23.9. The maximum absolute atomic E-state index is 11.2. The Kier molecular flexibility index (Phi) is 6.64. The highest BCUT2D eigenvalue weighted by atomic mass is 35.5. The predicted molar refractivity (Wildman–Crippen MR) is 151 cm³/mol. The Balaban J connectivity index is 1.02. The highest BCUT2D eigenvalue weighted by Gasteiger charge is 2.50. The van der Waals surface area contributed by atoms with Crippen LogP contribution in [0.25, 0.3) is 22.3 Å². The molecule has 9 nitrogen and oxygen atoms in total. The minimum Gasteiger partial charge on any atom is -0.477 e. The molecule has 0 aromatic carbocycles. The molecule has 11 heteroatoms. The standard InChI is InChI=1S/C30H28Cl2N4O5/c31-19-13-33-14-20(32)25(19)26-18(27(41-36-26)17-1-2-17)15-40-30-10-7-29(8-11-30,9-12-30)16-39-24-6-5-21-22(35-24)3-4-23(34-21)28(37)38/h3-6,13-14,17H,1-2,7-12,15-16H2,(H,37,38). The molecule has 4 heterocycles. The smallest absolute Gasteiger partial charge is 0.354 e. The van der Waals surface area contributed by atoms with E-state index in [9.17, 15) is 4.79 Å². The number of halogens is 2. The largest absolute Gasteiger partial charge is 0.477 e. The molecule has 0 amide bonds. The highest BCUT2D eigenvalue weighted by Crippen LogP contribution is 2.55. The molecule has 4 saturated carbocycles. The highest BCUT2D eigenvalue weighted by molar-refractivity contribution is 6.38. The van der Waals surface area contributed by atoms with Gasteiger partial charge in [-0.05, 0) is 69.6 Å². The number of carboxylic acid groups (broad SMARTS) is 1. The summed E-state index contributed by atoms with van der Waals surface area (Å²) in [6, 6.07) is 6.63. The van der Waals surface area contributed by atoms with Crippen molar-refractivity contribution in [2.24, 2.45) is 5.41 Å². The molecule has 41 heavy (non-hydrogen) atoms. The van der Waals surface area contributed by atoms with Crippen molar-refractivity contribution < 1.29 is 23.9 Å². The number of aromatic carboxylic acids is 1. The minimum absolute atomic E-state index is 0.00375. The molecule has 4 aromatic rings. The summed E-state index contributed by atoms with van der Waals surface area (Å²) in [6.45, 7) is 0.991. The lowest BCUT2D eigenvalue weighted by Gasteiger charge is -2.52. The molecule has 212 valence electrons. The van der Waals surface area contributed by atoms with Crippen molar-refractivity contribution in [2.75, 3.05) is 6.61 Å². The first-order chi connectivity index (χ1) is 19.8. The molecule has 4 aliphatic carbocycles. The lowest BCUT2D eigenvalue weighted by Crippen LogP contribution is -2.49. The third-order valence-corrected chi connectivity index (χ3v) is 9.55. The maximum atomic E-state index is 11.2. The van der Waals surface area contributed by atoms with E-state index in [0.29, 0.717) is 57.3 Å². The van der Waals surface area contributed by atoms with Gasteiger partial charge in [0.05, 0.1) is 39.9 Å². The van der Waals surface area contributed by atoms with Crippen molar-refractivity contribution in [1.82, 2.24) is 20.1 Å². The second kappa shape index (κ2) is 10.2. The summed E-state index contributed by atoms with van der Waals surface area (Å²) in [5, 5.41) is 14.4. The minimum atomic E-state index is -1.06. The lowest BCUT2D eigenvalue weighted by atomic mass is 9.59. The third kappa shape index (κ3) is 5.04. The number of hydrogen-bond donors (Lipinski definition) is 1. The van der Waals surface area contributed by atoms with Gasteiger partial charge in [-0.15, -0.1) is 0 Å². The van der Waals surface area contributed by atoms with Crippen molar-refractivity contribution in [1.29, 1.82) is 0 Å². The second-order valence-corrected chi connectivity index (χ2v) is 12.4. The monoisotopic (exact) mass is 594 g/mol. The molecule has 4 aliphatic rings. The zero-order valence-electron chi connectivity index (χ0n) is 22.2. The quantitative estimate of drug-likeness (QED) is 0.213. The van der Waals surface area contributed by atoms with E-state index in [1.165, 1.54) is 6.07 Å². The predicted octanol–water partition coefficient (Wildman–Crippen LogP) is 7.25. The molecule has 4 aromatic heterocycles. The molecule has 4 fully saturated rings. The van der Waals surface area contributed by atoms with Gasteiger partial charge >= 0.3 is 5.97 Å². The van der Waals surface area contributed by atoms with Gasteiger partial charge in [-0.2, -0.15) is 0 Å². The Morgan fingerprint density at radius 1 is 0.976 bits per heavy atom. The molecular weight excluding hydrogens is 567 g/mol. The van der Waals surface area contributed by atoms with Gasteiger partial charge in [0.25, 0.3) is 0 Å². The Morgan fingerprint density at radius 3 is 2.34 bits per heavy atom. The Morgan fingerprint density at radius 2 is 1.66 bits per heavy atom. The summed E-state index contributed by atoms with van der Waals surface area (Å²) in [5.74, 6) is 0.713. The van der Waals surface area contributed by atoms with Crippen molar-refractivity contribution in [3.05, 3.63) is 63.7 Å². The van der Waals surface area contributed by atoms with Gasteiger partial charge in [-0.3, -0.25) is 4.98 Å². The number of carboxylic acids is 1. The van der Waals surface area contributed by atoms with Crippen LogP contribution in [0.15, 0.2) is 41.2 Å². The molecule has 1 N–H and O–H groups in total. The number of ether oxygens (including phenoxy) is 2. The van der Waals surface area contributed by atoms with Crippen molar-refractivity contribution >= 4 is 40.2 Å². The van der Waals surface area contributed by atoms with E-state index in [1.807, 2.05) is 0 Å². The van der Waals surface area contributed by atoms with Crippen molar-refractivity contribution in [3.8, 4) is 17.1 Å². The van der Waals surface area contributed by atoms with Gasteiger partial charge in [-0.25, -0.2) is 14.8 Å². The number of aromatic nitrogens is 4. The Labute approximate surface area is 246 Å². The van der Waals surface area contributed by atoms with Crippen LogP contribution in [0.2, 0.25) is 10.0 Å². The van der Waals surface area contributed by atoms with E-state index in [0.717, 1.165) is 62.7 Å². The van der Waals surface area contributed by atoms with Crippen LogP contribution in [0.1, 0.15) is 79.1 Å². The van der Waals surface area contributed by atoms with Crippen LogP contribution in [0.4, 0.5) is 0 Å². The SMILES string of the molecule is O=C(O)c1ccc2nc(OCC34CCC(OCc5c(-c6c(Cl)cncc6Cl)noc5C5CC5)(CC3)CC4)ccc2n1. The average Bonchev–Trinajstić information content (AvgIpc) is 3.75. The molecule has 2 bridgehead atoms. The number of rotatable bonds is 9. The summed E-state index contributed by atoms with van der Waals surface area (Å²) in [7, 11) is 0. The van der Waals surface area contributed by atoms with E-state index >= 15 is 0 Å². The first kappa shape index (κ1) is 26.6. The van der Waals surface area contributed by atoms with Gasteiger partial charge < -0.3 is 19.1 Å². The summed E-state index contributed by atoms with van der Waals surface area (Å²) < 4.78 is 18.7. The topological polar surface area (TPSA) is 120 Å². The van der Waals surface area contributed by atoms with Crippen LogP contribution in [0, 0.1) is 5.41 Å². The molecule has 0 unspecified atom stereocenters. The van der Waals surface area contributed by atoms with Crippen LogP contribution < -0.4 is 4.74 Å². The fourth-order valence-corrected chi connectivity index (χ4v) is 6.81. The van der Waals surface area contributed by atoms with Gasteiger partial charge in [0.15, 0.2) is 0 Å². The number of pyridine rings is 3. The molecule has 8 rings (SSSR count). The van der Waals surface area contributed by atoms with Crippen LogP contribution in [0.3, 0.4) is 0 Å². The fraction of sp³-hybridized carbons (Fsp3) is 0.433. The van der Waals surface area contributed by atoms with E-state index in [2.05, 4.69) is 20.1 Å². The number of nitrogens with zero attached hydrogens (tertiary/aromatic N) is 4. The molecular formula is C30H28Cl2N4O5. The zero-order valence-corrected chi connectivity index (χ0v) is 23.7. The lowest BCUT2D eigenvalue weighted by molar-refractivity contribution is -0.150. The molecule has 0 radical (unpaired) electrons. The molecule has 0 spiro atoms. The first-order valence-corrected chi connectivity index (χ1v) is 14.7. The van der Waals surface area contributed by atoms with Crippen LogP contribution in [-0.2, 0) is 11.3 Å². The maximum Gasteiger partial charge on any atom is 0.354 e. The zero-order chi connectivity index (χ0) is 28.2. The van der Waals surface area contributed by atoms with E-state index < -0.39 is 5.97 Å². The third-order valence-electron chi connectivity index (χ3n) is 8.97. The van der Waals surface area contributed by atoms with Crippen molar-refractivity contribution in [3.63, 3.8) is 0 Å². The summed E-state index contributed by atoms with van der Waals surface area (Å²) in [6.07, 6.45) is 11.2. The van der Waals surface area contributed by atoms with E-state index in [-0.39, 0.29) is 16.7 Å². The Hall–Kier alpha value is -3.27. The van der Waals surface area contributed by atoms with E-state index in [1.54, 1.807) is 30.6 Å². The fourth-order valence-electron chi connectivity index (χ4n) is 6.27. The molecule has 0 saturated heterocycles. The summed E-state index contributed by atoms with van der Waals surface area (Å²) >= 11 is 13.0. The van der Waals surface area contributed by atoms with Gasteiger partial charge in [0, 0.05) is 40.9 Å². The molecule has 0 aliphatic heterocycles. The number of fused-ring (bicyclic) bond motifs is 4. The van der Waals surface area contributed by atoms with Crippen LogP contribution >= 0.6 is 23.2 Å². The van der Waals surface area contributed by atoms with Crippen molar-refractivity contribution in [2.45, 2.75) is 69.5 Å². The number of hydrogen-bond acceptors (Lipinski definition) is 8. The second-order valence-electron chi connectivity index (χ2n) is 11.6. The number of carbonyl (C=O) groups is 1. The first-order valence-electron chi connectivity index (χ1n) is 13.9. The van der Waals surface area contributed by atoms with Gasteiger partial charge in [0.2, 0.25) is 5.88 Å². The van der Waals surface area contributed by atoms with Crippen LogP contribution in [0.5, 0.6) is 5.88 Å². The normalized spacial score (nSPS) is 23.7. The molecule has 0 atom stereocenters. The Bertz CT molecular complexity index is 1610. The van der Waals surface area contributed by atoms with Gasteiger partial charge in [0.1, 0.15) is 17.1 Å². The van der Waals surface area contributed by atoms with Gasteiger partial charge in [-0.1, -0.05) is 28.4 Å². The summed E-state index contributed by atoms with van der Waals surface area (Å²) in [5.41, 5.74) is 3.27.